The second kappa shape index (κ2) is 41.2. The van der Waals surface area contributed by atoms with E-state index in [-0.39, 0.29) is 37.7 Å². The second-order valence-electron chi connectivity index (χ2n) is 17.7. The number of piperidine rings is 1. The van der Waals surface area contributed by atoms with Crippen LogP contribution in [-0.4, -0.2) is 74.0 Å². The molecule has 1 fully saturated rings. The Hall–Kier alpha value is -2.19. The summed E-state index contributed by atoms with van der Waals surface area (Å²) in [4.78, 5) is 40.7. The summed E-state index contributed by atoms with van der Waals surface area (Å²) in [5.41, 5.74) is -1.19. The molecule has 8 nitrogen and oxygen atoms in total. The van der Waals surface area contributed by atoms with E-state index < -0.39 is 12.0 Å². The van der Waals surface area contributed by atoms with Crippen LogP contribution in [0.2, 0.25) is 0 Å². The fourth-order valence-corrected chi connectivity index (χ4v) is 7.65. The Kier molecular flexibility index (Phi) is 38.3. The van der Waals surface area contributed by atoms with Crippen molar-refractivity contribution >= 4 is 17.9 Å². The number of nitrogens with zero attached hydrogens (tertiary/aromatic N) is 1. The number of ether oxygens (including phenoxy) is 3. The monoisotopic (exact) mass is 832 g/mol. The molecule has 0 aromatic carbocycles. The predicted octanol–water partition coefficient (Wildman–Crippen LogP) is 13.3. The molecule has 1 heterocycles. The number of hydrogen-bond donors (Lipinski definition) is 1. The Bertz CT molecular complexity index is 981. The number of aliphatic hydroxyl groups is 1. The summed E-state index contributed by atoms with van der Waals surface area (Å²) in [6.07, 6.45) is 46.5. The molecule has 1 N–H and O–H groups in total. The minimum Gasteiger partial charge on any atom is -0.465 e. The average Bonchev–Trinajstić information content (AvgIpc) is 3.25. The molecule has 0 unspecified atom stereocenters. The van der Waals surface area contributed by atoms with E-state index in [9.17, 15) is 19.5 Å². The third-order valence-corrected chi connectivity index (χ3v) is 11.8. The lowest BCUT2D eigenvalue weighted by molar-refractivity contribution is -0.165. The number of allylic oxidation sites excluding steroid dienone is 4. The number of hydrogen-bond acceptors (Lipinski definition) is 8. The lowest BCUT2D eigenvalue weighted by Crippen LogP contribution is -2.42. The Balaban J connectivity index is 2.38. The molecule has 1 rings (SSSR count). The first-order valence-electron chi connectivity index (χ1n) is 25.0. The van der Waals surface area contributed by atoms with Gasteiger partial charge in [-0.2, -0.15) is 0 Å². The maximum atomic E-state index is 12.8. The molecule has 8 heteroatoms. The normalized spacial score (nSPS) is 13.7. The third-order valence-electron chi connectivity index (χ3n) is 11.8. The fraction of sp³-hybridized carbons (Fsp3) is 0.863. The highest BCUT2D eigenvalue weighted by atomic mass is 16.6. The molecular weight excluding hydrogens is 739 g/mol. The first-order chi connectivity index (χ1) is 28.9. The van der Waals surface area contributed by atoms with E-state index >= 15 is 0 Å². The molecule has 0 spiro atoms. The van der Waals surface area contributed by atoms with Crippen molar-refractivity contribution in [3.8, 4) is 0 Å². The maximum absolute atomic E-state index is 12.8. The molecule has 0 bridgehead atoms. The highest BCUT2D eigenvalue weighted by Crippen LogP contribution is 2.22. The van der Waals surface area contributed by atoms with Gasteiger partial charge in [-0.1, -0.05) is 147 Å². The smallest absolute Gasteiger partial charge is 0.305 e. The Morgan fingerprint density at radius 1 is 0.458 bits per heavy atom. The van der Waals surface area contributed by atoms with Crippen LogP contribution in [0.3, 0.4) is 0 Å². The van der Waals surface area contributed by atoms with E-state index in [2.05, 4.69) is 43.1 Å². The Labute approximate surface area is 363 Å². The van der Waals surface area contributed by atoms with Crippen molar-refractivity contribution < 1.29 is 33.7 Å². The van der Waals surface area contributed by atoms with Crippen molar-refractivity contribution in [2.45, 2.75) is 232 Å². The molecule has 0 saturated carbocycles. The quantitative estimate of drug-likeness (QED) is 0.0281. The zero-order chi connectivity index (χ0) is 42.8. The van der Waals surface area contributed by atoms with Gasteiger partial charge in [-0.25, -0.2) is 0 Å². The molecule has 0 aromatic rings. The van der Waals surface area contributed by atoms with Gasteiger partial charge in [0.2, 0.25) is 0 Å². The third kappa shape index (κ3) is 35.1. The summed E-state index contributed by atoms with van der Waals surface area (Å²) in [5.74, 6) is -1.03. The van der Waals surface area contributed by atoms with Crippen molar-refractivity contribution in [3.63, 3.8) is 0 Å². The van der Waals surface area contributed by atoms with Crippen LogP contribution < -0.4 is 0 Å². The van der Waals surface area contributed by atoms with Gasteiger partial charge in [0.15, 0.2) is 0 Å². The van der Waals surface area contributed by atoms with Crippen molar-refractivity contribution in [2.24, 2.45) is 5.41 Å². The van der Waals surface area contributed by atoms with Gasteiger partial charge in [0.25, 0.3) is 0 Å². The lowest BCUT2D eigenvalue weighted by atomic mass is 9.92. The van der Waals surface area contributed by atoms with E-state index in [1.807, 2.05) is 0 Å². The highest BCUT2D eigenvalue weighted by molar-refractivity contribution is 5.70. The van der Waals surface area contributed by atoms with Gasteiger partial charge < -0.3 is 24.2 Å². The van der Waals surface area contributed by atoms with Crippen LogP contribution in [0.1, 0.15) is 232 Å². The molecular formula is C51H93NO7. The van der Waals surface area contributed by atoms with Crippen LogP contribution in [0, 0.1) is 5.41 Å². The number of carbonyl (C=O) groups is 3. The number of esters is 3. The van der Waals surface area contributed by atoms with Crippen molar-refractivity contribution in [3.05, 3.63) is 24.3 Å². The first-order valence-corrected chi connectivity index (χ1v) is 25.0. The van der Waals surface area contributed by atoms with Crippen LogP contribution in [-0.2, 0) is 28.6 Å². The SMILES string of the molecule is CCCCCCCC/C=C\CCCCCCCC(=O)OCC(CO)(COC(=O)CCCCCCC/C=C\CCCCCCCC)COC(=O)CCCCN1CCCCC1. The average molecular weight is 832 g/mol. The van der Waals surface area contributed by atoms with E-state index in [0.29, 0.717) is 19.3 Å². The highest BCUT2D eigenvalue weighted by Gasteiger charge is 2.35. The number of carbonyl (C=O) groups excluding carboxylic acids is 3. The maximum Gasteiger partial charge on any atom is 0.305 e. The largest absolute Gasteiger partial charge is 0.465 e. The van der Waals surface area contributed by atoms with E-state index in [1.165, 1.54) is 122 Å². The summed E-state index contributed by atoms with van der Waals surface area (Å²) in [5, 5.41) is 10.5. The van der Waals surface area contributed by atoms with Crippen LogP contribution >= 0.6 is 0 Å². The molecule has 59 heavy (non-hydrogen) atoms. The Morgan fingerprint density at radius 2 is 0.780 bits per heavy atom. The second-order valence-corrected chi connectivity index (χ2v) is 17.7. The van der Waals surface area contributed by atoms with Gasteiger partial charge in [0, 0.05) is 19.3 Å². The minimum absolute atomic E-state index is 0.170. The molecule has 1 aliphatic heterocycles. The summed E-state index contributed by atoms with van der Waals surface area (Å²) in [6, 6.07) is 0. The fourth-order valence-electron chi connectivity index (χ4n) is 7.65. The summed E-state index contributed by atoms with van der Waals surface area (Å²) in [7, 11) is 0. The molecule has 344 valence electrons. The molecule has 0 amide bonds. The van der Waals surface area contributed by atoms with Gasteiger partial charge in [-0.05, 0) is 110 Å². The van der Waals surface area contributed by atoms with Crippen LogP contribution in [0.15, 0.2) is 24.3 Å². The number of likely N-dealkylation sites (tertiary alicyclic amines) is 1. The zero-order valence-electron chi connectivity index (χ0n) is 38.6. The van der Waals surface area contributed by atoms with E-state index in [0.717, 1.165) is 96.7 Å². The molecule has 0 atom stereocenters. The minimum atomic E-state index is -1.19. The zero-order valence-corrected chi connectivity index (χ0v) is 38.6. The molecule has 0 aromatic heterocycles. The van der Waals surface area contributed by atoms with Crippen molar-refractivity contribution in [2.75, 3.05) is 46.1 Å². The van der Waals surface area contributed by atoms with Gasteiger partial charge in [0.1, 0.15) is 19.8 Å². The van der Waals surface area contributed by atoms with E-state index in [1.54, 1.807) is 0 Å². The van der Waals surface area contributed by atoms with Crippen LogP contribution in [0.4, 0.5) is 0 Å². The van der Waals surface area contributed by atoms with Gasteiger partial charge in [-0.15, -0.1) is 0 Å². The summed E-state index contributed by atoms with van der Waals surface area (Å²) < 4.78 is 16.9. The summed E-state index contributed by atoms with van der Waals surface area (Å²) in [6.45, 7) is 6.83. The topological polar surface area (TPSA) is 102 Å². The molecule has 1 aliphatic rings. The van der Waals surface area contributed by atoms with Gasteiger partial charge >= 0.3 is 17.9 Å². The van der Waals surface area contributed by atoms with Gasteiger partial charge in [0.05, 0.1) is 12.0 Å². The summed E-state index contributed by atoms with van der Waals surface area (Å²) >= 11 is 0. The van der Waals surface area contributed by atoms with Crippen LogP contribution in [0.25, 0.3) is 0 Å². The number of rotatable bonds is 42. The number of unbranched alkanes of at least 4 members (excludes halogenated alkanes) is 23. The van der Waals surface area contributed by atoms with Crippen LogP contribution in [0.5, 0.6) is 0 Å². The molecule has 0 radical (unpaired) electrons. The first kappa shape index (κ1) is 54.8. The molecule has 1 saturated heterocycles. The van der Waals surface area contributed by atoms with Crippen molar-refractivity contribution in [1.82, 2.24) is 4.90 Å². The molecule has 0 aliphatic carbocycles. The predicted molar refractivity (Wildman–Crippen MR) is 245 cm³/mol. The Morgan fingerprint density at radius 3 is 1.14 bits per heavy atom. The lowest BCUT2D eigenvalue weighted by Gasteiger charge is -2.30. The van der Waals surface area contributed by atoms with Crippen molar-refractivity contribution in [1.29, 1.82) is 0 Å². The standard InChI is InChI=1S/C51H93NO7/c1-3-5-7-9-11-13-15-17-19-21-23-25-27-29-32-38-48(54)57-45-51(44-53,47-59-50(56)40-34-37-43-52-41-35-31-36-42-52)46-58-49(55)39-33-30-28-26-24-22-20-18-16-14-12-10-8-6-4-2/h17-20,53H,3-16,21-47H2,1-2H3/b19-17-,20-18-. The number of aliphatic hydroxyl groups excluding tert-OH is 1. The van der Waals surface area contributed by atoms with E-state index in [4.69, 9.17) is 14.2 Å². The van der Waals surface area contributed by atoms with Gasteiger partial charge in [-0.3, -0.25) is 14.4 Å².